The molecule has 116 valence electrons. The van der Waals surface area contributed by atoms with Crippen LogP contribution in [-0.2, 0) is 11.2 Å². The molecule has 3 heterocycles. The molecule has 0 aromatic carbocycles. The van der Waals surface area contributed by atoms with Gasteiger partial charge in [-0.1, -0.05) is 6.07 Å². The van der Waals surface area contributed by atoms with Gasteiger partial charge in [-0.25, -0.2) is 9.97 Å². The SMILES string of the molecule is O=C(CCc1cccs1)N[C@H]1CCCN(c2ncccn2)C1. The molecule has 1 N–H and O–H groups in total. The zero-order chi connectivity index (χ0) is 15.2. The van der Waals surface area contributed by atoms with Crippen LogP contribution < -0.4 is 10.2 Å². The zero-order valence-corrected chi connectivity index (χ0v) is 13.3. The number of amides is 1. The van der Waals surface area contributed by atoms with Crippen LogP contribution in [0.1, 0.15) is 24.1 Å². The van der Waals surface area contributed by atoms with Crippen molar-refractivity contribution in [3.63, 3.8) is 0 Å². The molecule has 3 rings (SSSR count). The van der Waals surface area contributed by atoms with Crippen LogP contribution in [0.3, 0.4) is 0 Å². The fourth-order valence-corrected chi connectivity index (χ4v) is 3.43. The Morgan fingerprint density at radius 1 is 1.36 bits per heavy atom. The number of hydrogen-bond acceptors (Lipinski definition) is 5. The number of piperidine rings is 1. The summed E-state index contributed by atoms with van der Waals surface area (Å²) in [5.41, 5.74) is 0. The van der Waals surface area contributed by atoms with Crippen LogP contribution in [0, 0.1) is 0 Å². The molecule has 1 aliphatic rings. The minimum absolute atomic E-state index is 0.134. The lowest BCUT2D eigenvalue weighted by atomic mass is 10.1. The summed E-state index contributed by atoms with van der Waals surface area (Å²) in [5.74, 6) is 0.884. The predicted molar refractivity (Wildman–Crippen MR) is 88.0 cm³/mol. The van der Waals surface area contributed by atoms with Crippen molar-refractivity contribution in [3.8, 4) is 0 Å². The third kappa shape index (κ3) is 4.04. The van der Waals surface area contributed by atoms with Crippen LogP contribution >= 0.6 is 11.3 Å². The summed E-state index contributed by atoms with van der Waals surface area (Å²) in [6, 6.07) is 6.11. The van der Waals surface area contributed by atoms with E-state index in [0.29, 0.717) is 6.42 Å². The molecule has 0 aliphatic carbocycles. The van der Waals surface area contributed by atoms with E-state index in [1.807, 2.05) is 17.5 Å². The van der Waals surface area contributed by atoms with Gasteiger partial charge in [-0.15, -0.1) is 11.3 Å². The van der Waals surface area contributed by atoms with Gasteiger partial charge < -0.3 is 10.2 Å². The summed E-state index contributed by atoms with van der Waals surface area (Å²) in [5, 5.41) is 5.20. The predicted octanol–water partition coefficient (Wildman–Crippen LogP) is 2.26. The number of nitrogens with zero attached hydrogens (tertiary/aromatic N) is 3. The molecule has 6 heteroatoms. The highest BCUT2D eigenvalue weighted by atomic mass is 32.1. The maximum Gasteiger partial charge on any atom is 0.225 e. The van der Waals surface area contributed by atoms with E-state index in [1.165, 1.54) is 4.88 Å². The minimum Gasteiger partial charge on any atom is -0.352 e. The van der Waals surface area contributed by atoms with Crippen LogP contribution in [0.2, 0.25) is 0 Å². The molecular formula is C16H20N4OS. The number of nitrogens with one attached hydrogen (secondary N) is 1. The number of hydrogen-bond donors (Lipinski definition) is 1. The summed E-state index contributed by atoms with van der Waals surface area (Å²) in [6.45, 7) is 1.74. The first kappa shape index (κ1) is 15.0. The van der Waals surface area contributed by atoms with Gasteiger partial charge in [0.25, 0.3) is 0 Å². The summed E-state index contributed by atoms with van der Waals surface area (Å²) < 4.78 is 0. The molecule has 0 saturated carbocycles. The van der Waals surface area contributed by atoms with E-state index in [1.54, 1.807) is 23.7 Å². The van der Waals surface area contributed by atoms with Crippen molar-refractivity contribution in [1.29, 1.82) is 0 Å². The number of carbonyl (C=O) groups is 1. The standard InChI is InChI=1S/C16H20N4OS/c21-15(7-6-14-5-2-11-22-14)19-13-4-1-10-20(12-13)16-17-8-3-9-18-16/h2-3,5,8-9,11,13H,1,4,6-7,10,12H2,(H,19,21)/t13-/m0/s1. The maximum absolute atomic E-state index is 12.1. The minimum atomic E-state index is 0.134. The van der Waals surface area contributed by atoms with Crippen molar-refractivity contribution in [2.24, 2.45) is 0 Å². The van der Waals surface area contributed by atoms with Crippen LogP contribution in [0.5, 0.6) is 0 Å². The fourth-order valence-electron chi connectivity index (χ4n) is 2.72. The highest BCUT2D eigenvalue weighted by Gasteiger charge is 2.22. The molecule has 1 aliphatic heterocycles. The lowest BCUT2D eigenvalue weighted by Gasteiger charge is -2.33. The monoisotopic (exact) mass is 316 g/mol. The molecule has 0 unspecified atom stereocenters. The van der Waals surface area contributed by atoms with E-state index >= 15 is 0 Å². The van der Waals surface area contributed by atoms with Gasteiger partial charge in [0, 0.05) is 42.8 Å². The van der Waals surface area contributed by atoms with E-state index in [4.69, 9.17) is 0 Å². The average Bonchev–Trinajstić information content (AvgIpc) is 3.08. The van der Waals surface area contributed by atoms with Gasteiger partial charge in [-0.2, -0.15) is 0 Å². The molecule has 0 radical (unpaired) electrons. The van der Waals surface area contributed by atoms with Crippen molar-refractivity contribution < 1.29 is 4.79 Å². The van der Waals surface area contributed by atoms with Crippen molar-refractivity contribution in [1.82, 2.24) is 15.3 Å². The molecule has 0 bridgehead atoms. The van der Waals surface area contributed by atoms with Gasteiger partial charge in [-0.05, 0) is 36.8 Å². The molecule has 1 saturated heterocycles. The third-order valence-corrected chi connectivity index (χ3v) is 4.74. The van der Waals surface area contributed by atoms with Gasteiger partial charge in [0.2, 0.25) is 11.9 Å². The topological polar surface area (TPSA) is 58.1 Å². The largest absolute Gasteiger partial charge is 0.352 e. The van der Waals surface area contributed by atoms with Gasteiger partial charge in [0.05, 0.1) is 0 Å². The highest BCUT2D eigenvalue weighted by Crippen LogP contribution is 2.16. The summed E-state index contributed by atoms with van der Waals surface area (Å²) in [7, 11) is 0. The second-order valence-corrected chi connectivity index (χ2v) is 6.51. The lowest BCUT2D eigenvalue weighted by molar-refractivity contribution is -0.121. The first-order valence-electron chi connectivity index (χ1n) is 7.65. The van der Waals surface area contributed by atoms with E-state index in [0.717, 1.165) is 38.3 Å². The number of carbonyl (C=O) groups excluding carboxylic acids is 1. The van der Waals surface area contributed by atoms with Crippen LogP contribution in [0.4, 0.5) is 5.95 Å². The number of anilines is 1. The average molecular weight is 316 g/mol. The molecule has 2 aromatic rings. The number of aromatic nitrogens is 2. The number of rotatable bonds is 5. The van der Waals surface area contributed by atoms with Gasteiger partial charge in [0.15, 0.2) is 0 Å². The number of aryl methyl sites for hydroxylation is 1. The second kappa shape index (κ2) is 7.35. The molecular weight excluding hydrogens is 296 g/mol. The van der Waals surface area contributed by atoms with E-state index in [-0.39, 0.29) is 11.9 Å². The Morgan fingerprint density at radius 3 is 3.00 bits per heavy atom. The Morgan fingerprint density at radius 2 is 2.23 bits per heavy atom. The quantitative estimate of drug-likeness (QED) is 0.919. The molecule has 1 amide bonds. The van der Waals surface area contributed by atoms with Crippen molar-refractivity contribution in [3.05, 3.63) is 40.8 Å². The Labute approximate surface area is 134 Å². The van der Waals surface area contributed by atoms with Gasteiger partial charge >= 0.3 is 0 Å². The van der Waals surface area contributed by atoms with E-state index in [2.05, 4.69) is 26.3 Å². The highest BCUT2D eigenvalue weighted by molar-refractivity contribution is 7.09. The first-order valence-corrected chi connectivity index (χ1v) is 8.53. The third-order valence-electron chi connectivity index (χ3n) is 3.80. The van der Waals surface area contributed by atoms with Crippen molar-refractivity contribution in [2.45, 2.75) is 31.7 Å². The summed E-state index contributed by atoms with van der Waals surface area (Å²) in [6.07, 6.45) is 6.96. The summed E-state index contributed by atoms with van der Waals surface area (Å²) in [4.78, 5) is 24.1. The molecule has 0 spiro atoms. The Hall–Kier alpha value is -1.95. The second-order valence-electron chi connectivity index (χ2n) is 5.48. The van der Waals surface area contributed by atoms with Crippen molar-refractivity contribution >= 4 is 23.2 Å². The lowest BCUT2D eigenvalue weighted by Crippen LogP contribution is -2.48. The summed E-state index contributed by atoms with van der Waals surface area (Å²) >= 11 is 1.70. The van der Waals surface area contributed by atoms with Gasteiger partial charge in [0.1, 0.15) is 0 Å². The molecule has 22 heavy (non-hydrogen) atoms. The smallest absolute Gasteiger partial charge is 0.225 e. The Bertz CT molecular complexity index is 587. The normalized spacial score (nSPS) is 18.2. The van der Waals surface area contributed by atoms with Crippen LogP contribution in [0.25, 0.3) is 0 Å². The Balaban J connectivity index is 1.48. The van der Waals surface area contributed by atoms with E-state index in [9.17, 15) is 4.79 Å². The van der Waals surface area contributed by atoms with Gasteiger partial charge in [-0.3, -0.25) is 4.79 Å². The number of thiophene rings is 1. The van der Waals surface area contributed by atoms with E-state index < -0.39 is 0 Å². The fraction of sp³-hybridized carbons (Fsp3) is 0.438. The molecule has 1 fully saturated rings. The van der Waals surface area contributed by atoms with Crippen LogP contribution in [-0.4, -0.2) is 35.0 Å². The molecule has 1 atom stereocenters. The first-order chi connectivity index (χ1) is 10.8. The molecule has 5 nitrogen and oxygen atoms in total. The van der Waals surface area contributed by atoms with Crippen LogP contribution in [0.15, 0.2) is 36.0 Å². The molecule has 2 aromatic heterocycles. The maximum atomic E-state index is 12.1. The van der Waals surface area contributed by atoms with Crippen molar-refractivity contribution in [2.75, 3.05) is 18.0 Å². The zero-order valence-electron chi connectivity index (χ0n) is 12.4. The Kier molecular flexibility index (Phi) is 5.00.